The first-order valence-electron chi connectivity index (χ1n) is 9.41. The highest BCUT2D eigenvalue weighted by Crippen LogP contribution is 2.31. The Balaban J connectivity index is 1.97. The second kappa shape index (κ2) is 9.49. The van der Waals surface area contributed by atoms with Crippen molar-refractivity contribution in [2.75, 3.05) is 37.3 Å². The van der Waals surface area contributed by atoms with Crippen LogP contribution < -0.4 is 9.80 Å². The molecular formula is C21H25FN3OS2+. The summed E-state index contributed by atoms with van der Waals surface area (Å²) >= 11 is 2.96. The van der Waals surface area contributed by atoms with E-state index in [9.17, 15) is 9.18 Å². The number of hydrogen-bond acceptors (Lipinski definition) is 4. The van der Waals surface area contributed by atoms with Crippen molar-refractivity contribution in [3.05, 3.63) is 53.8 Å². The van der Waals surface area contributed by atoms with Crippen molar-refractivity contribution < 1.29 is 14.1 Å². The van der Waals surface area contributed by atoms with Crippen LogP contribution in [0, 0.1) is 5.82 Å². The minimum Gasteiger partial charge on any atom is -0.334 e. The first-order chi connectivity index (χ1) is 13.6. The average molecular weight is 419 g/mol. The molecule has 1 N–H and O–H groups in total. The highest BCUT2D eigenvalue weighted by atomic mass is 32.2. The second-order valence-corrected chi connectivity index (χ2v) is 8.37. The van der Waals surface area contributed by atoms with Gasteiger partial charge in [0.2, 0.25) is 0 Å². The molecule has 1 aromatic heterocycles. The fourth-order valence-electron chi connectivity index (χ4n) is 3.09. The van der Waals surface area contributed by atoms with Crippen LogP contribution >= 0.6 is 23.1 Å². The van der Waals surface area contributed by atoms with Gasteiger partial charge in [-0.25, -0.2) is 9.37 Å². The second-order valence-electron chi connectivity index (χ2n) is 6.48. The van der Waals surface area contributed by atoms with E-state index in [1.165, 1.54) is 22.3 Å². The van der Waals surface area contributed by atoms with Crippen LogP contribution in [0.15, 0.2) is 47.4 Å². The maximum Gasteiger partial charge on any atom is 0.260 e. The highest BCUT2D eigenvalue weighted by Gasteiger charge is 2.23. The smallest absolute Gasteiger partial charge is 0.260 e. The van der Waals surface area contributed by atoms with Gasteiger partial charge in [-0.2, -0.15) is 0 Å². The number of nitrogens with one attached hydrogen (secondary N) is 1. The number of benzene rings is 2. The van der Waals surface area contributed by atoms with E-state index >= 15 is 0 Å². The van der Waals surface area contributed by atoms with E-state index in [-0.39, 0.29) is 11.7 Å². The summed E-state index contributed by atoms with van der Waals surface area (Å²) in [4.78, 5) is 22.0. The molecule has 0 fully saturated rings. The van der Waals surface area contributed by atoms with E-state index in [0.29, 0.717) is 22.8 Å². The lowest BCUT2D eigenvalue weighted by molar-refractivity contribution is -0.894. The summed E-state index contributed by atoms with van der Waals surface area (Å²) in [6.45, 7) is 7.63. The van der Waals surface area contributed by atoms with Crippen molar-refractivity contribution >= 4 is 44.4 Å². The molecule has 7 heteroatoms. The molecule has 0 saturated carbocycles. The zero-order chi connectivity index (χ0) is 20.1. The first-order valence-corrected chi connectivity index (χ1v) is 11.5. The SMILES string of the molecule is CC[NH+](CC)CCN(C(=O)c1cccc(SC)c1)c1nc2c(F)cccc2s1. The fourth-order valence-corrected chi connectivity index (χ4v) is 4.55. The van der Waals surface area contributed by atoms with Gasteiger partial charge in [0.1, 0.15) is 11.3 Å². The van der Waals surface area contributed by atoms with Crippen molar-refractivity contribution in [3.63, 3.8) is 0 Å². The van der Waals surface area contributed by atoms with Crippen LogP contribution in [0.25, 0.3) is 10.2 Å². The monoisotopic (exact) mass is 418 g/mol. The summed E-state index contributed by atoms with van der Waals surface area (Å²) < 4.78 is 14.9. The molecule has 148 valence electrons. The number of carbonyl (C=O) groups is 1. The van der Waals surface area contributed by atoms with Gasteiger partial charge in [-0.15, -0.1) is 11.8 Å². The minimum absolute atomic E-state index is 0.0954. The number of fused-ring (bicyclic) bond motifs is 1. The van der Waals surface area contributed by atoms with Gasteiger partial charge in [-0.05, 0) is 50.4 Å². The third kappa shape index (κ3) is 4.54. The van der Waals surface area contributed by atoms with Crippen LogP contribution in [-0.2, 0) is 0 Å². The number of anilines is 1. The lowest BCUT2D eigenvalue weighted by atomic mass is 10.2. The van der Waals surface area contributed by atoms with Gasteiger partial charge in [-0.1, -0.05) is 23.5 Å². The van der Waals surface area contributed by atoms with Gasteiger partial charge in [0.25, 0.3) is 5.91 Å². The summed E-state index contributed by atoms with van der Waals surface area (Å²) in [5.74, 6) is -0.451. The molecule has 0 spiro atoms. The molecular weight excluding hydrogens is 393 g/mol. The molecule has 28 heavy (non-hydrogen) atoms. The predicted molar refractivity (Wildman–Crippen MR) is 116 cm³/mol. The number of halogens is 1. The Kier molecular flexibility index (Phi) is 7.04. The quantitative estimate of drug-likeness (QED) is 0.567. The molecule has 0 bridgehead atoms. The van der Waals surface area contributed by atoms with Crippen molar-refractivity contribution in [1.29, 1.82) is 0 Å². The molecule has 0 radical (unpaired) electrons. The molecule has 0 aliphatic rings. The van der Waals surface area contributed by atoms with E-state index < -0.39 is 0 Å². The summed E-state index contributed by atoms with van der Waals surface area (Å²) in [5.41, 5.74) is 0.953. The number of quaternary nitrogens is 1. The zero-order valence-electron chi connectivity index (χ0n) is 16.4. The number of carbonyl (C=O) groups excluding carboxylic acids is 1. The number of rotatable bonds is 8. The molecule has 1 heterocycles. The molecule has 2 aromatic carbocycles. The van der Waals surface area contributed by atoms with Gasteiger partial charge in [0, 0.05) is 10.5 Å². The van der Waals surface area contributed by atoms with Crippen LogP contribution in [-0.4, -0.2) is 43.3 Å². The zero-order valence-corrected chi connectivity index (χ0v) is 18.0. The van der Waals surface area contributed by atoms with Gasteiger partial charge in [0.15, 0.2) is 5.13 Å². The Bertz CT molecular complexity index is 956. The third-order valence-electron chi connectivity index (χ3n) is 4.84. The Morgan fingerprint density at radius 1 is 1.21 bits per heavy atom. The Morgan fingerprint density at radius 3 is 2.64 bits per heavy atom. The topological polar surface area (TPSA) is 37.6 Å². The average Bonchev–Trinajstić information content (AvgIpc) is 3.16. The molecule has 3 aromatic rings. The van der Waals surface area contributed by atoms with Crippen molar-refractivity contribution in [3.8, 4) is 0 Å². The molecule has 0 atom stereocenters. The maximum atomic E-state index is 14.1. The summed E-state index contributed by atoms with van der Waals surface area (Å²) in [6, 6.07) is 12.5. The van der Waals surface area contributed by atoms with Crippen LogP contribution in [0.1, 0.15) is 24.2 Å². The number of para-hydroxylation sites is 1. The Hall–Kier alpha value is -1.96. The Labute approximate surface area is 173 Å². The third-order valence-corrected chi connectivity index (χ3v) is 6.61. The van der Waals surface area contributed by atoms with Crippen LogP contribution in [0.5, 0.6) is 0 Å². The van der Waals surface area contributed by atoms with Gasteiger partial charge in [0.05, 0.1) is 30.9 Å². The van der Waals surface area contributed by atoms with E-state index in [2.05, 4.69) is 18.8 Å². The fraction of sp³-hybridized carbons (Fsp3) is 0.333. The van der Waals surface area contributed by atoms with E-state index in [0.717, 1.165) is 29.2 Å². The molecule has 1 amide bonds. The van der Waals surface area contributed by atoms with Crippen LogP contribution in [0.2, 0.25) is 0 Å². The standard InChI is InChI=1S/C21H24FN3OS2/c1-4-24(5-2)12-13-25(20(26)15-8-6-9-16(14-15)27-3)21-23-19-17(22)10-7-11-18(19)28-21/h6-11,14H,4-5,12-13H2,1-3H3/p+1. The van der Waals surface area contributed by atoms with Crippen LogP contribution in [0.4, 0.5) is 9.52 Å². The van der Waals surface area contributed by atoms with Crippen molar-refractivity contribution in [2.45, 2.75) is 18.7 Å². The number of amides is 1. The Morgan fingerprint density at radius 2 is 1.96 bits per heavy atom. The summed E-state index contributed by atoms with van der Waals surface area (Å²) in [5, 5.41) is 0.547. The van der Waals surface area contributed by atoms with Crippen molar-refractivity contribution in [1.82, 2.24) is 4.98 Å². The first kappa shape index (κ1) is 20.8. The minimum atomic E-state index is -0.355. The lowest BCUT2D eigenvalue weighted by Gasteiger charge is -2.23. The number of hydrogen-bond donors (Lipinski definition) is 1. The number of thiazole rings is 1. The molecule has 0 aliphatic heterocycles. The van der Waals surface area contributed by atoms with Crippen LogP contribution in [0.3, 0.4) is 0 Å². The van der Waals surface area contributed by atoms with Gasteiger partial charge in [-0.3, -0.25) is 9.69 Å². The maximum absolute atomic E-state index is 14.1. The van der Waals surface area contributed by atoms with Crippen molar-refractivity contribution in [2.24, 2.45) is 0 Å². The predicted octanol–water partition coefficient (Wildman–Crippen LogP) is 3.73. The largest absolute Gasteiger partial charge is 0.334 e. The lowest BCUT2D eigenvalue weighted by Crippen LogP contribution is -3.12. The number of likely N-dealkylation sites (N-methyl/N-ethyl adjacent to an activating group) is 1. The summed E-state index contributed by atoms with van der Waals surface area (Å²) in [6.07, 6.45) is 1.99. The van der Waals surface area contributed by atoms with E-state index in [4.69, 9.17) is 0 Å². The number of thioether (sulfide) groups is 1. The number of nitrogens with zero attached hydrogens (tertiary/aromatic N) is 2. The summed E-state index contributed by atoms with van der Waals surface area (Å²) in [7, 11) is 0. The highest BCUT2D eigenvalue weighted by molar-refractivity contribution is 7.98. The molecule has 0 aliphatic carbocycles. The normalized spacial score (nSPS) is 11.3. The van der Waals surface area contributed by atoms with E-state index in [1.807, 2.05) is 36.6 Å². The van der Waals surface area contributed by atoms with Gasteiger partial charge < -0.3 is 4.90 Å². The molecule has 0 unspecified atom stereocenters. The molecule has 0 saturated heterocycles. The van der Waals surface area contributed by atoms with Gasteiger partial charge >= 0.3 is 0 Å². The molecule has 3 rings (SSSR count). The molecule has 4 nitrogen and oxygen atoms in total. The van der Waals surface area contributed by atoms with E-state index in [1.54, 1.807) is 22.7 Å². The number of aromatic nitrogens is 1.